The maximum atomic E-state index is 12.6. The number of para-hydroxylation sites is 1. The number of esters is 1. The molecular weight excluding hydrogens is 404 g/mol. The number of carbonyl (C=O) groups excluding carboxylic acids is 3. The third-order valence-electron chi connectivity index (χ3n) is 3.36. The van der Waals surface area contributed by atoms with Crippen LogP contribution in [0.2, 0.25) is 0 Å². The van der Waals surface area contributed by atoms with E-state index in [0.717, 1.165) is 0 Å². The zero-order valence-electron chi connectivity index (χ0n) is 14.9. The summed E-state index contributed by atoms with van der Waals surface area (Å²) in [5.41, 5.74) is 0.730. The molecule has 0 heterocycles. The molecule has 2 amide bonds. The van der Waals surface area contributed by atoms with Gasteiger partial charge in [0.2, 0.25) is 5.91 Å². The van der Waals surface area contributed by atoms with E-state index in [4.69, 9.17) is 10.00 Å². The van der Waals surface area contributed by atoms with E-state index in [1.54, 1.807) is 18.2 Å². The number of alkyl halides is 2. The molecule has 0 radical (unpaired) electrons. The standard InChI is InChI=1S/C19H15F2N3O4S/c20-19(21)29-15-4-2-1-3-14(15)24-17(26)11-28-18(27)12-5-7-13(8-6-12)23-16(25)9-10-22/h1-8,19H,9,11H2,(H,23,25)(H,24,26). The summed E-state index contributed by atoms with van der Waals surface area (Å²) in [4.78, 5) is 35.5. The number of benzene rings is 2. The fourth-order valence-electron chi connectivity index (χ4n) is 2.14. The predicted octanol–water partition coefficient (Wildman–Crippen LogP) is 3.65. The van der Waals surface area contributed by atoms with Crippen molar-refractivity contribution in [1.82, 2.24) is 0 Å². The Morgan fingerprint density at radius 1 is 1.03 bits per heavy atom. The average Bonchev–Trinajstić information content (AvgIpc) is 2.68. The molecule has 0 atom stereocenters. The Morgan fingerprint density at radius 3 is 2.38 bits per heavy atom. The first-order valence-corrected chi connectivity index (χ1v) is 9.04. The highest BCUT2D eigenvalue weighted by Crippen LogP contribution is 2.31. The minimum absolute atomic E-state index is 0.143. The lowest BCUT2D eigenvalue weighted by Gasteiger charge is -2.11. The molecule has 0 aliphatic heterocycles. The van der Waals surface area contributed by atoms with Gasteiger partial charge in [0.05, 0.1) is 17.3 Å². The summed E-state index contributed by atoms with van der Waals surface area (Å²) in [6.07, 6.45) is -0.294. The molecule has 2 aromatic carbocycles. The zero-order valence-corrected chi connectivity index (χ0v) is 15.7. The van der Waals surface area contributed by atoms with E-state index in [0.29, 0.717) is 17.4 Å². The minimum Gasteiger partial charge on any atom is -0.452 e. The number of ether oxygens (including phenoxy) is 1. The van der Waals surface area contributed by atoms with Crippen LogP contribution in [0.5, 0.6) is 0 Å². The highest BCUT2D eigenvalue weighted by Gasteiger charge is 2.14. The van der Waals surface area contributed by atoms with Gasteiger partial charge in [0.1, 0.15) is 6.42 Å². The van der Waals surface area contributed by atoms with Gasteiger partial charge < -0.3 is 15.4 Å². The second kappa shape index (κ2) is 10.8. The van der Waals surface area contributed by atoms with Crippen molar-refractivity contribution in [2.24, 2.45) is 0 Å². The molecule has 0 aliphatic carbocycles. The molecule has 150 valence electrons. The number of rotatable bonds is 8. The number of nitrogens with zero attached hydrogens (tertiary/aromatic N) is 1. The van der Waals surface area contributed by atoms with Crippen LogP contribution in [0.25, 0.3) is 0 Å². The summed E-state index contributed by atoms with van der Waals surface area (Å²) in [6.45, 7) is -0.604. The summed E-state index contributed by atoms with van der Waals surface area (Å²) < 4.78 is 30.0. The molecule has 0 saturated carbocycles. The molecule has 0 spiro atoms. The van der Waals surface area contributed by atoms with E-state index in [1.807, 2.05) is 0 Å². The lowest BCUT2D eigenvalue weighted by atomic mass is 10.2. The largest absolute Gasteiger partial charge is 0.452 e. The number of hydrogen-bond acceptors (Lipinski definition) is 6. The number of hydrogen-bond donors (Lipinski definition) is 2. The Balaban J connectivity index is 1.88. The monoisotopic (exact) mass is 419 g/mol. The van der Waals surface area contributed by atoms with Crippen molar-refractivity contribution in [2.45, 2.75) is 17.1 Å². The summed E-state index contributed by atoms with van der Waals surface area (Å²) in [6, 6.07) is 13.4. The van der Waals surface area contributed by atoms with E-state index in [1.165, 1.54) is 36.4 Å². The van der Waals surface area contributed by atoms with Crippen LogP contribution in [-0.2, 0) is 14.3 Å². The third-order valence-corrected chi connectivity index (χ3v) is 4.14. The molecule has 7 nitrogen and oxygen atoms in total. The van der Waals surface area contributed by atoms with Gasteiger partial charge in [-0.25, -0.2) is 4.79 Å². The Hall–Kier alpha value is -3.45. The minimum atomic E-state index is -2.64. The molecule has 0 aromatic heterocycles. The maximum Gasteiger partial charge on any atom is 0.338 e. The van der Waals surface area contributed by atoms with E-state index in [2.05, 4.69) is 10.6 Å². The SMILES string of the molecule is N#CCC(=O)Nc1ccc(C(=O)OCC(=O)Nc2ccccc2SC(F)F)cc1. The van der Waals surface area contributed by atoms with Crippen LogP contribution in [0.15, 0.2) is 53.4 Å². The van der Waals surface area contributed by atoms with Gasteiger partial charge in [-0.2, -0.15) is 14.0 Å². The second-order valence-electron chi connectivity index (χ2n) is 5.46. The smallest absolute Gasteiger partial charge is 0.338 e. The van der Waals surface area contributed by atoms with E-state index in [9.17, 15) is 23.2 Å². The fourth-order valence-corrected chi connectivity index (χ4v) is 2.73. The number of nitrogens with one attached hydrogen (secondary N) is 2. The van der Waals surface area contributed by atoms with Crippen molar-refractivity contribution in [3.8, 4) is 6.07 Å². The lowest BCUT2D eigenvalue weighted by Crippen LogP contribution is -2.21. The molecule has 0 aliphatic rings. The first-order valence-electron chi connectivity index (χ1n) is 8.16. The summed E-state index contributed by atoms with van der Waals surface area (Å²) in [5.74, 6) is -4.57. The molecule has 0 fully saturated rings. The molecule has 2 N–H and O–H groups in total. The van der Waals surface area contributed by atoms with E-state index in [-0.39, 0.29) is 22.6 Å². The first-order chi connectivity index (χ1) is 13.9. The molecule has 0 saturated heterocycles. The van der Waals surface area contributed by atoms with Gasteiger partial charge in [0.25, 0.3) is 11.7 Å². The summed E-state index contributed by atoms with van der Waals surface area (Å²) in [5, 5.41) is 13.3. The number of carbonyl (C=O) groups is 3. The fraction of sp³-hybridized carbons (Fsp3) is 0.158. The van der Waals surface area contributed by atoms with Crippen LogP contribution in [0.1, 0.15) is 16.8 Å². The zero-order chi connectivity index (χ0) is 21.2. The normalized spacial score (nSPS) is 10.1. The predicted molar refractivity (Wildman–Crippen MR) is 103 cm³/mol. The average molecular weight is 419 g/mol. The van der Waals surface area contributed by atoms with E-state index < -0.39 is 30.1 Å². The van der Waals surface area contributed by atoms with Gasteiger partial charge in [0, 0.05) is 10.6 Å². The van der Waals surface area contributed by atoms with Crippen molar-refractivity contribution in [3.05, 3.63) is 54.1 Å². The van der Waals surface area contributed by atoms with Crippen LogP contribution in [-0.4, -0.2) is 30.1 Å². The van der Waals surface area contributed by atoms with Crippen LogP contribution in [0.4, 0.5) is 20.2 Å². The van der Waals surface area contributed by atoms with Crippen molar-refractivity contribution in [3.63, 3.8) is 0 Å². The van der Waals surface area contributed by atoms with Crippen molar-refractivity contribution in [1.29, 1.82) is 5.26 Å². The van der Waals surface area contributed by atoms with Crippen LogP contribution < -0.4 is 10.6 Å². The molecule has 29 heavy (non-hydrogen) atoms. The van der Waals surface area contributed by atoms with Crippen molar-refractivity contribution < 1.29 is 27.9 Å². The van der Waals surface area contributed by atoms with Gasteiger partial charge in [-0.1, -0.05) is 23.9 Å². The van der Waals surface area contributed by atoms with Gasteiger partial charge in [-0.05, 0) is 36.4 Å². The Kier molecular flexibility index (Phi) is 8.12. The highest BCUT2D eigenvalue weighted by molar-refractivity contribution is 7.99. The molecule has 2 rings (SSSR count). The Bertz CT molecular complexity index is 930. The quantitative estimate of drug-likeness (QED) is 0.500. The number of thioether (sulfide) groups is 1. The summed E-state index contributed by atoms with van der Waals surface area (Å²) >= 11 is 0.293. The third kappa shape index (κ3) is 7.23. The Labute approximate surface area is 169 Å². The first kappa shape index (κ1) is 21.8. The lowest BCUT2D eigenvalue weighted by molar-refractivity contribution is -0.119. The highest BCUT2D eigenvalue weighted by atomic mass is 32.2. The number of amides is 2. The van der Waals surface area contributed by atoms with Gasteiger partial charge in [-0.3, -0.25) is 9.59 Å². The molecule has 0 unspecified atom stereocenters. The number of nitriles is 1. The van der Waals surface area contributed by atoms with Crippen LogP contribution >= 0.6 is 11.8 Å². The topological polar surface area (TPSA) is 108 Å². The number of halogens is 2. The number of anilines is 2. The molecule has 2 aromatic rings. The molecule has 10 heteroatoms. The second-order valence-corrected chi connectivity index (χ2v) is 6.49. The summed E-state index contributed by atoms with van der Waals surface area (Å²) in [7, 11) is 0. The maximum absolute atomic E-state index is 12.6. The van der Waals surface area contributed by atoms with Gasteiger partial charge in [-0.15, -0.1) is 0 Å². The van der Waals surface area contributed by atoms with Crippen LogP contribution in [0, 0.1) is 11.3 Å². The van der Waals surface area contributed by atoms with E-state index >= 15 is 0 Å². The van der Waals surface area contributed by atoms with Crippen molar-refractivity contribution in [2.75, 3.05) is 17.2 Å². The molecular formula is C19H15F2N3O4S. The van der Waals surface area contributed by atoms with Gasteiger partial charge in [0.15, 0.2) is 6.61 Å². The Morgan fingerprint density at radius 2 is 1.72 bits per heavy atom. The van der Waals surface area contributed by atoms with Crippen molar-refractivity contribution >= 4 is 40.9 Å². The van der Waals surface area contributed by atoms with Crippen LogP contribution in [0.3, 0.4) is 0 Å². The molecule has 0 bridgehead atoms. The van der Waals surface area contributed by atoms with Gasteiger partial charge >= 0.3 is 5.97 Å².